The van der Waals surface area contributed by atoms with Crippen LogP contribution in [0.5, 0.6) is 5.75 Å². The molecular formula is C24H18N4O4. The average Bonchev–Trinajstić information content (AvgIpc) is 3.13. The molecule has 0 aliphatic heterocycles. The minimum Gasteiger partial charge on any atom is -0.487 e. The molecule has 2 aromatic heterocycles. The predicted octanol–water partition coefficient (Wildman–Crippen LogP) is 4.41. The zero-order valence-corrected chi connectivity index (χ0v) is 16.9. The second kappa shape index (κ2) is 7.99. The van der Waals surface area contributed by atoms with E-state index in [1.165, 1.54) is 12.1 Å². The zero-order chi connectivity index (χ0) is 22.1. The number of nitrogens with one attached hydrogen (secondary N) is 1. The highest BCUT2D eigenvalue weighted by molar-refractivity contribution is 5.81. The van der Waals surface area contributed by atoms with Gasteiger partial charge < -0.3 is 4.74 Å². The lowest BCUT2D eigenvalue weighted by molar-refractivity contribution is -0.384. The summed E-state index contributed by atoms with van der Waals surface area (Å²) in [6, 6.07) is 23.8. The molecule has 1 N–H and O–H groups in total. The van der Waals surface area contributed by atoms with Crippen molar-refractivity contribution in [1.82, 2.24) is 14.8 Å². The number of nitro groups is 1. The molecule has 0 radical (unpaired) electrons. The number of pyridine rings is 1. The van der Waals surface area contributed by atoms with Crippen molar-refractivity contribution in [2.75, 3.05) is 0 Å². The molecule has 0 saturated heterocycles. The van der Waals surface area contributed by atoms with Gasteiger partial charge in [-0.3, -0.25) is 24.7 Å². The molecule has 0 spiro atoms. The zero-order valence-electron chi connectivity index (χ0n) is 16.9. The summed E-state index contributed by atoms with van der Waals surface area (Å²) >= 11 is 0. The van der Waals surface area contributed by atoms with E-state index in [1.54, 1.807) is 10.7 Å². The van der Waals surface area contributed by atoms with Crippen molar-refractivity contribution in [1.29, 1.82) is 0 Å². The highest BCUT2D eigenvalue weighted by Crippen LogP contribution is 2.20. The van der Waals surface area contributed by atoms with Gasteiger partial charge in [-0.2, -0.15) is 0 Å². The number of benzene rings is 3. The van der Waals surface area contributed by atoms with E-state index in [0.29, 0.717) is 29.8 Å². The van der Waals surface area contributed by atoms with Crippen LogP contribution in [0.2, 0.25) is 0 Å². The fourth-order valence-corrected chi connectivity index (χ4v) is 3.64. The summed E-state index contributed by atoms with van der Waals surface area (Å²) in [7, 11) is 0. The number of hydrogen-bond donors (Lipinski definition) is 1. The third kappa shape index (κ3) is 3.81. The van der Waals surface area contributed by atoms with E-state index in [2.05, 4.69) is 10.1 Å². The van der Waals surface area contributed by atoms with Gasteiger partial charge in [-0.25, -0.2) is 4.98 Å². The van der Waals surface area contributed by atoms with Gasteiger partial charge in [0.25, 0.3) is 11.2 Å². The Kier molecular flexibility index (Phi) is 4.87. The number of fused-ring (bicyclic) bond motifs is 2. The van der Waals surface area contributed by atoms with Crippen LogP contribution in [0.4, 0.5) is 5.69 Å². The molecule has 0 aliphatic rings. The molecule has 8 nitrogen and oxygen atoms in total. The lowest BCUT2D eigenvalue weighted by Crippen LogP contribution is -2.06. The molecule has 0 bridgehead atoms. The molecule has 0 unspecified atom stereocenters. The first-order chi connectivity index (χ1) is 15.6. The topological polar surface area (TPSA) is 103 Å². The summed E-state index contributed by atoms with van der Waals surface area (Å²) in [6.07, 6.45) is 0. The minimum absolute atomic E-state index is 0.108. The highest BCUT2D eigenvalue weighted by atomic mass is 16.6. The van der Waals surface area contributed by atoms with Gasteiger partial charge in [-0.05, 0) is 35.9 Å². The normalized spacial score (nSPS) is 11.1. The molecule has 5 rings (SSSR count). The van der Waals surface area contributed by atoms with Crippen LogP contribution >= 0.6 is 0 Å². The summed E-state index contributed by atoms with van der Waals surface area (Å²) in [5, 5.41) is 15.1. The van der Waals surface area contributed by atoms with Gasteiger partial charge in [0, 0.05) is 17.5 Å². The van der Waals surface area contributed by atoms with Crippen molar-refractivity contribution in [3.63, 3.8) is 0 Å². The number of hydrogen-bond acceptors (Lipinski definition) is 5. The van der Waals surface area contributed by atoms with Gasteiger partial charge in [0.15, 0.2) is 0 Å². The van der Waals surface area contributed by atoms with Crippen molar-refractivity contribution >= 4 is 27.5 Å². The van der Waals surface area contributed by atoms with Gasteiger partial charge in [0.2, 0.25) is 0 Å². The molecule has 2 heterocycles. The molecular weight excluding hydrogens is 408 g/mol. The molecule has 8 heteroatoms. The van der Waals surface area contributed by atoms with Gasteiger partial charge in [-0.1, -0.05) is 36.4 Å². The third-order valence-electron chi connectivity index (χ3n) is 5.27. The van der Waals surface area contributed by atoms with Crippen molar-refractivity contribution in [2.24, 2.45) is 0 Å². The van der Waals surface area contributed by atoms with Crippen molar-refractivity contribution in [2.45, 2.75) is 13.2 Å². The fourth-order valence-electron chi connectivity index (χ4n) is 3.64. The maximum Gasteiger partial charge on any atom is 0.272 e. The molecule has 158 valence electrons. The lowest BCUT2D eigenvalue weighted by atomic mass is 10.2. The summed E-state index contributed by atoms with van der Waals surface area (Å²) < 4.78 is 7.54. The van der Waals surface area contributed by atoms with E-state index < -0.39 is 4.92 Å². The summed E-state index contributed by atoms with van der Waals surface area (Å²) in [5.74, 6) is 0.713. The number of non-ortho nitro benzene ring substituents is 1. The molecule has 0 amide bonds. The van der Waals surface area contributed by atoms with Crippen molar-refractivity contribution < 1.29 is 9.66 Å². The number of nitro benzene ring substituents is 1. The Hall–Kier alpha value is -4.46. The first-order valence-corrected chi connectivity index (χ1v) is 10.0. The summed E-state index contributed by atoms with van der Waals surface area (Å²) in [5.41, 5.74) is 2.88. The highest BCUT2D eigenvalue weighted by Gasteiger charge is 2.12. The van der Waals surface area contributed by atoms with Crippen LogP contribution in [0.15, 0.2) is 83.7 Å². The van der Waals surface area contributed by atoms with Gasteiger partial charge in [0.1, 0.15) is 12.4 Å². The number of nitrogens with zero attached hydrogens (tertiary/aromatic N) is 3. The van der Waals surface area contributed by atoms with Crippen LogP contribution in [-0.4, -0.2) is 19.7 Å². The number of aromatic nitrogens is 3. The largest absolute Gasteiger partial charge is 0.487 e. The number of aromatic amines is 1. The molecule has 0 atom stereocenters. The maximum absolute atomic E-state index is 12.2. The van der Waals surface area contributed by atoms with Crippen LogP contribution in [0.25, 0.3) is 21.8 Å². The Morgan fingerprint density at radius 3 is 2.62 bits per heavy atom. The van der Waals surface area contributed by atoms with E-state index >= 15 is 0 Å². The fraction of sp³-hybridized carbons (Fsp3) is 0.0833. The Morgan fingerprint density at radius 1 is 1.00 bits per heavy atom. The summed E-state index contributed by atoms with van der Waals surface area (Å²) in [4.78, 5) is 27.2. The molecule has 32 heavy (non-hydrogen) atoms. The van der Waals surface area contributed by atoms with Crippen molar-refractivity contribution in [3.05, 3.63) is 111 Å². The molecule has 5 aromatic rings. The van der Waals surface area contributed by atoms with Gasteiger partial charge in [-0.15, -0.1) is 0 Å². The number of ether oxygens (including phenoxy) is 1. The standard InChI is InChI=1S/C24H18N4O4/c29-24-21-13-19(28(30)31)9-12-23(21)27(26-24)14-16-5-10-20(11-6-16)32-15-18-8-7-17-3-1-2-4-22(17)25-18/h1-13H,14-15H2,(H,26,29). The Bertz CT molecular complexity index is 1500. The Balaban J connectivity index is 1.29. The smallest absolute Gasteiger partial charge is 0.272 e. The summed E-state index contributed by atoms with van der Waals surface area (Å²) in [6.45, 7) is 0.779. The SMILES string of the molecule is O=c1[nH]n(Cc2ccc(OCc3ccc4ccccc4n3)cc2)c2ccc([N+](=O)[O-])cc12. The first-order valence-electron chi connectivity index (χ1n) is 10.0. The molecule has 0 fully saturated rings. The van der Waals surface area contributed by atoms with Gasteiger partial charge >= 0.3 is 0 Å². The molecule has 0 aliphatic carbocycles. The molecule has 0 saturated carbocycles. The Labute approximate surface area is 181 Å². The van der Waals surface area contributed by atoms with E-state index in [4.69, 9.17) is 4.74 Å². The van der Waals surface area contributed by atoms with Crippen LogP contribution in [0, 0.1) is 10.1 Å². The Morgan fingerprint density at radius 2 is 1.81 bits per heavy atom. The lowest BCUT2D eigenvalue weighted by Gasteiger charge is -2.09. The predicted molar refractivity (Wildman–Crippen MR) is 121 cm³/mol. The van der Waals surface area contributed by atoms with Crippen LogP contribution < -0.4 is 10.3 Å². The van der Waals surface area contributed by atoms with E-state index in [1.807, 2.05) is 60.7 Å². The maximum atomic E-state index is 12.2. The van der Waals surface area contributed by atoms with E-state index in [0.717, 1.165) is 22.2 Å². The monoisotopic (exact) mass is 426 g/mol. The van der Waals surface area contributed by atoms with Gasteiger partial charge in [0.05, 0.1) is 33.6 Å². The average molecular weight is 426 g/mol. The number of para-hydroxylation sites is 1. The second-order valence-electron chi connectivity index (χ2n) is 7.41. The van der Waals surface area contributed by atoms with Crippen LogP contribution in [0.3, 0.4) is 0 Å². The third-order valence-corrected chi connectivity index (χ3v) is 5.27. The molecule has 3 aromatic carbocycles. The first kappa shape index (κ1) is 19.5. The van der Waals surface area contributed by atoms with E-state index in [-0.39, 0.29) is 11.2 Å². The van der Waals surface area contributed by atoms with Crippen molar-refractivity contribution in [3.8, 4) is 5.75 Å². The minimum atomic E-state index is -0.512. The van der Waals surface area contributed by atoms with E-state index in [9.17, 15) is 14.9 Å². The quantitative estimate of drug-likeness (QED) is 0.320. The van der Waals surface area contributed by atoms with Crippen LogP contribution in [0.1, 0.15) is 11.3 Å². The second-order valence-corrected chi connectivity index (χ2v) is 7.41. The number of rotatable bonds is 6. The van der Waals surface area contributed by atoms with Crippen LogP contribution in [-0.2, 0) is 13.2 Å². The number of H-pyrrole nitrogens is 1.